The summed E-state index contributed by atoms with van der Waals surface area (Å²) in [5.41, 5.74) is 0. The maximum atomic E-state index is 13.0. The summed E-state index contributed by atoms with van der Waals surface area (Å²) in [6.07, 6.45) is 32.7. The Morgan fingerprint density at radius 1 is 0.444 bits per heavy atom. The Morgan fingerprint density at radius 3 is 1.36 bits per heavy atom. The van der Waals surface area contributed by atoms with Crippen LogP contribution < -0.4 is 0 Å². The first-order chi connectivity index (χ1) is 35.0. The van der Waals surface area contributed by atoms with Crippen LogP contribution in [0.25, 0.3) is 0 Å². The van der Waals surface area contributed by atoms with Crippen molar-refractivity contribution in [2.45, 2.75) is 274 Å². The Hall–Kier alpha value is -2.54. The number of carbonyl (C=O) groups excluding carboxylic acids is 2. The molecule has 72 heavy (non-hydrogen) atoms. The standard InChI is InChI=1S/C57H100O15/c1-3-5-7-9-11-13-15-17-19-21-22-24-25-27-29-31-33-35-37-39-48(59)67-42-45(70-49(60)40-38-36-34-32-30-28-26-23-20-18-16-14-12-10-8-6-4-2)43-68-56-55(66)53(64)51(62)47(72-56)44-69-57-54(65)52(63)50(61)46(41-58)71-57/h8,10,14,16,20,23,28,30,45-47,50-58,61-66H,3-7,9,11-13,15,17-19,21-22,24-27,29,31-44H2,1-2H3/b10-8+,16-14+,23-20+,30-28+/t45-,46+,47+,50-,51-,52?,53?,54?,55?,56+,57+/m0/s1. The number of allylic oxidation sites excluding steroid dienone is 8. The van der Waals surface area contributed by atoms with E-state index in [1.807, 2.05) is 0 Å². The molecule has 0 spiro atoms. The monoisotopic (exact) mass is 1020 g/mol. The van der Waals surface area contributed by atoms with Crippen molar-refractivity contribution in [3.63, 3.8) is 0 Å². The van der Waals surface area contributed by atoms with Crippen molar-refractivity contribution in [3.8, 4) is 0 Å². The van der Waals surface area contributed by atoms with Crippen molar-refractivity contribution in [3.05, 3.63) is 48.6 Å². The number of rotatable bonds is 44. The fraction of sp³-hybridized carbons (Fsp3) is 0.825. The van der Waals surface area contributed by atoms with E-state index in [-0.39, 0.29) is 19.4 Å². The van der Waals surface area contributed by atoms with Crippen LogP contribution in [0.4, 0.5) is 0 Å². The Bertz CT molecular complexity index is 1440. The minimum absolute atomic E-state index is 0.128. The summed E-state index contributed by atoms with van der Waals surface area (Å²) in [5.74, 6) is -0.955. The molecule has 0 aromatic rings. The third kappa shape index (κ3) is 30.7. The molecule has 15 nitrogen and oxygen atoms in total. The van der Waals surface area contributed by atoms with Crippen molar-refractivity contribution in [1.29, 1.82) is 0 Å². The lowest BCUT2D eigenvalue weighted by Gasteiger charge is -2.42. The van der Waals surface area contributed by atoms with E-state index in [2.05, 4.69) is 62.5 Å². The average Bonchev–Trinajstić information content (AvgIpc) is 3.37. The van der Waals surface area contributed by atoms with Crippen LogP contribution in [0.5, 0.6) is 0 Å². The third-order valence-electron chi connectivity index (χ3n) is 13.3. The minimum Gasteiger partial charge on any atom is -0.462 e. The zero-order valence-electron chi connectivity index (χ0n) is 44.4. The van der Waals surface area contributed by atoms with Crippen molar-refractivity contribution < 1.29 is 73.8 Å². The number of aliphatic hydroxyl groups is 7. The van der Waals surface area contributed by atoms with Gasteiger partial charge in [0.15, 0.2) is 18.7 Å². The highest BCUT2D eigenvalue weighted by atomic mass is 16.7. The second kappa shape index (κ2) is 43.7. The number of carbonyl (C=O) groups is 2. The predicted molar refractivity (Wildman–Crippen MR) is 280 cm³/mol. The molecule has 0 aliphatic carbocycles. The Kier molecular flexibility index (Phi) is 39.8. The Labute approximate surface area is 433 Å². The highest BCUT2D eigenvalue weighted by Crippen LogP contribution is 2.27. The number of esters is 2. The summed E-state index contributed by atoms with van der Waals surface area (Å²) >= 11 is 0. The molecule has 2 fully saturated rings. The molecule has 418 valence electrons. The van der Waals surface area contributed by atoms with E-state index in [1.54, 1.807) is 0 Å². The first-order valence-corrected chi connectivity index (χ1v) is 28.2. The lowest BCUT2D eigenvalue weighted by Crippen LogP contribution is -2.61. The van der Waals surface area contributed by atoms with E-state index in [9.17, 15) is 45.3 Å². The van der Waals surface area contributed by atoms with E-state index in [1.165, 1.54) is 103 Å². The lowest BCUT2D eigenvalue weighted by molar-refractivity contribution is -0.332. The van der Waals surface area contributed by atoms with Gasteiger partial charge in [-0.2, -0.15) is 0 Å². The SMILES string of the molecule is CCC/C=C/C/C=C/C/C=C/C/C=C/CCCCCC(=O)O[C@@H](COC(=O)CCCCCCCCCCCCCCCCCCCCC)CO[C@@H]1O[C@H](CO[C@@H]2O[C@H](CO)[C@H](O)C(O)C2O)[C@H](O)C(O)C1O. The molecule has 4 unspecified atom stereocenters. The number of aliphatic hydroxyl groups excluding tert-OH is 7. The number of hydrogen-bond donors (Lipinski definition) is 7. The normalized spacial score (nSPS) is 25.3. The van der Waals surface area contributed by atoms with E-state index >= 15 is 0 Å². The van der Waals surface area contributed by atoms with Crippen molar-refractivity contribution >= 4 is 11.9 Å². The summed E-state index contributed by atoms with van der Waals surface area (Å²) in [6.45, 7) is 2.51. The van der Waals surface area contributed by atoms with Crippen LogP contribution in [0.15, 0.2) is 48.6 Å². The molecular weight excluding hydrogens is 925 g/mol. The van der Waals surface area contributed by atoms with Gasteiger partial charge < -0.3 is 64.2 Å². The van der Waals surface area contributed by atoms with Gasteiger partial charge in [0.2, 0.25) is 0 Å². The molecule has 15 heteroatoms. The Morgan fingerprint density at radius 2 is 0.861 bits per heavy atom. The van der Waals surface area contributed by atoms with Crippen LogP contribution >= 0.6 is 0 Å². The largest absolute Gasteiger partial charge is 0.462 e. The van der Waals surface area contributed by atoms with Crippen LogP contribution in [0, 0.1) is 0 Å². The fourth-order valence-electron chi connectivity index (χ4n) is 8.68. The van der Waals surface area contributed by atoms with Crippen molar-refractivity contribution in [1.82, 2.24) is 0 Å². The van der Waals surface area contributed by atoms with E-state index < -0.39 is 99.3 Å². The Balaban J connectivity index is 1.78. The van der Waals surface area contributed by atoms with Gasteiger partial charge in [0.1, 0.15) is 55.4 Å². The van der Waals surface area contributed by atoms with Crippen molar-refractivity contribution in [2.24, 2.45) is 0 Å². The van der Waals surface area contributed by atoms with Gasteiger partial charge in [0.05, 0.1) is 19.8 Å². The van der Waals surface area contributed by atoms with Crippen LogP contribution in [-0.4, -0.2) is 142 Å². The summed E-state index contributed by atoms with van der Waals surface area (Å²) < 4.78 is 33.6. The first kappa shape index (κ1) is 65.6. The molecule has 2 aliphatic rings. The molecule has 0 amide bonds. The summed E-state index contributed by atoms with van der Waals surface area (Å²) in [7, 11) is 0. The van der Waals surface area contributed by atoms with Crippen LogP contribution in [-0.2, 0) is 38.0 Å². The topological polar surface area (TPSA) is 231 Å². The highest BCUT2D eigenvalue weighted by Gasteiger charge is 2.47. The zero-order chi connectivity index (χ0) is 52.4. The lowest BCUT2D eigenvalue weighted by atomic mass is 9.98. The minimum atomic E-state index is -1.77. The first-order valence-electron chi connectivity index (χ1n) is 28.2. The quantitative estimate of drug-likeness (QED) is 0.0171. The number of unbranched alkanes of at least 4 members (excludes halogenated alkanes) is 22. The van der Waals surface area contributed by atoms with Gasteiger partial charge in [-0.25, -0.2) is 0 Å². The average molecular weight is 1030 g/mol. The van der Waals surface area contributed by atoms with E-state index in [0.717, 1.165) is 64.2 Å². The summed E-state index contributed by atoms with van der Waals surface area (Å²) in [6, 6.07) is 0. The fourth-order valence-corrected chi connectivity index (χ4v) is 8.68. The molecule has 2 aliphatic heterocycles. The van der Waals surface area contributed by atoms with Gasteiger partial charge >= 0.3 is 11.9 Å². The van der Waals surface area contributed by atoms with Gasteiger partial charge in [0, 0.05) is 12.8 Å². The highest BCUT2D eigenvalue weighted by molar-refractivity contribution is 5.70. The molecule has 0 aromatic carbocycles. The molecule has 2 saturated heterocycles. The zero-order valence-corrected chi connectivity index (χ0v) is 44.4. The van der Waals surface area contributed by atoms with Gasteiger partial charge in [-0.1, -0.05) is 191 Å². The molecule has 0 aromatic heterocycles. The van der Waals surface area contributed by atoms with Crippen molar-refractivity contribution in [2.75, 3.05) is 26.4 Å². The molecule has 0 saturated carbocycles. The van der Waals surface area contributed by atoms with Gasteiger partial charge in [-0.05, 0) is 51.4 Å². The molecule has 0 radical (unpaired) electrons. The summed E-state index contributed by atoms with van der Waals surface area (Å²) in [4.78, 5) is 25.8. The number of ether oxygens (including phenoxy) is 6. The number of hydrogen-bond acceptors (Lipinski definition) is 15. The van der Waals surface area contributed by atoms with E-state index in [0.29, 0.717) is 12.8 Å². The maximum absolute atomic E-state index is 13.0. The maximum Gasteiger partial charge on any atom is 0.306 e. The van der Waals surface area contributed by atoms with Gasteiger partial charge in [0.25, 0.3) is 0 Å². The second-order valence-electron chi connectivity index (χ2n) is 19.8. The third-order valence-corrected chi connectivity index (χ3v) is 13.3. The molecule has 2 rings (SSSR count). The smallest absolute Gasteiger partial charge is 0.306 e. The molecule has 0 bridgehead atoms. The van der Waals surface area contributed by atoms with Gasteiger partial charge in [-0.15, -0.1) is 0 Å². The van der Waals surface area contributed by atoms with Crippen LogP contribution in [0.2, 0.25) is 0 Å². The molecule has 2 heterocycles. The van der Waals surface area contributed by atoms with Crippen LogP contribution in [0.1, 0.15) is 206 Å². The molecule has 7 N–H and O–H groups in total. The van der Waals surface area contributed by atoms with Crippen LogP contribution in [0.3, 0.4) is 0 Å². The van der Waals surface area contributed by atoms with E-state index in [4.69, 9.17) is 28.4 Å². The predicted octanol–water partition coefficient (Wildman–Crippen LogP) is 9.05. The van der Waals surface area contributed by atoms with Gasteiger partial charge in [-0.3, -0.25) is 9.59 Å². The second-order valence-corrected chi connectivity index (χ2v) is 19.8. The summed E-state index contributed by atoms with van der Waals surface area (Å²) in [5, 5.41) is 72.2. The molecule has 11 atom stereocenters. The molecular formula is C57H100O15.